The monoisotopic (exact) mass is 357 g/mol. The largest absolute Gasteiger partial charge is 0.492 e. The molecule has 0 fully saturated rings. The van der Waals surface area contributed by atoms with Crippen molar-refractivity contribution >= 4 is 5.78 Å². The molecule has 2 aromatic carbocycles. The van der Waals surface area contributed by atoms with Gasteiger partial charge in [0.05, 0.1) is 7.11 Å². The molecule has 6 heteroatoms. The molecule has 2 heterocycles. The molecule has 2 aliphatic rings. The number of hydrogen-bond acceptors (Lipinski definition) is 5. The summed E-state index contributed by atoms with van der Waals surface area (Å²) in [5.74, 6) is 1.54. The molecule has 2 aromatic rings. The maximum Gasteiger partial charge on any atom is 0.231 e. The van der Waals surface area contributed by atoms with E-state index in [2.05, 4.69) is 4.90 Å². The first-order valence-corrected chi connectivity index (χ1v) is 8.57. The van der Waals surface area contributed by atoms with Crippen molar-refractivity contribution in [3.63, 3.8) is 0 Å². The van der Waals surface area contributed by atoms with Crippen LogP contribution in [0.25, 0.3) is 0 Å². The number of fused-ring (bicyclic) bond motifs is 2. The normalized spacial score (nSPS) is 18.5. The van der Waals surface area contributed by atoms with E-state index in [9.17, 15) is 9.18 Å². The van der Waals surface area contributed by atoms with E-state index in [0.717, 1.165) is 24.1 Å². The molecule has 136 valence electrons. The van der Waals surface area contributed by atoms with Crippen LogP contribution in [-0.2, 0) is 6.42 Å². The number of ether oxygens (including phenoxy) is 3. The van der Waals surface area contributed by atoms with Gasteiger partial charge in [0.25, 0.3) is 0 Å². The van der Waals surface area contributed by atoms with Crippen LogP contribution in [0.1, 0.15) is 33.9 Å². The Kier molecular flexibility index (Phi) is 4.28. The second-order valence-electron chi connectivity index (χ2n) is 6.60. The molecule has 0 N–H and O–H groups in total. The highest BCUT2D eigenvalue weighted by atomic mass is 19.1. The first-order chi connectivity index (χ1) is 12.6. The Labute approximate surface area is 151 Å². The molecule has 4 rings (SSSR count). The van der Waals surface area contributed by atoms with Crippen molar-refractivity contribution in [1.82, 2.24) is 4.90 Å². The molecule has 5 nitrogen and oxygen atoms in total. The minimum atomic E-state index is -0.351. The van der Waals surface area contributed by atoms with Crippen LogP contribution >= 0.6 is 0 Å². The van der Waals surface area contributed by atoms with Gasteiger partial charge in [-0.05, 0) is 49.4 Å². The van der Waals surface area contributed by atoms with Crippen LogP contribution in [0, 0.1) is 5.82 Å². The minimum absolute atomic E-state index is 0.0329. The number of benzene rings is 2. The Balaban J connectivity index is 1.71. The summed E-state index contributed by atoms with van der Waals surface area (Å²) in [6.45, 7) is 1.00. The van der Waals surface area contributed by atoms with E-state index < -0.39 is 0 Å². The van der Waals surface area contributed by atoms with Crippen molar-refractivity contribution in [2.45, 2.75) is 18.9 Å². The van der Waals surface area contributed by atoms with E-state index in [1.54, 1.807) is 7.11 Å². The molecule has 0 unspecified atom stereocenters. The van der Waals surface area contributed by atoms with Gasteiger partial charge in [0.1, 0.15) is 5.82 Å². The molecule has 0 amide bonds. The van der Waals surface area contributed by atoms with Gasteiger partial charge in [-0.25, -0.2) is 4.39 Å². The van der Waals surface area contributed by atoms with Gasteiger partial charge < -0.3 is 14.2 Å². The molecule has 0 saturated heterocycles. The highest BCUT2D eigenvalue weighted by molar-refractivity contribution is 5.96. The molecule has 1 atom stereocenters. The average Bonchev–Trinajstić information content (AvgIpc) is 3.11. The Hall–Kier alpha value is -2.60. The quantitative estimate of drug-likeness (QED) is 0.786. The van der Waals surface area contributed by atoms with Crippen molar-refractivity contribution in [3.8, 4) is 17.2 Å². The van der Waals surface area contributed by atoms with E-state index in [4.69, 9.17) is 14.2 Å². The molecule has 0 aliphatic carbocycles. The van der Waals surface area contributed by atoms with E-state index in [0.29, 0.717) is 22.8 Å². The summed E-state index contributed by atoms with van der Waals surface area (Å²) in [6, 6.07) is 7.52. The molecular formula is C20H20FNO4. The third kappa shape index (κ3) is 2.80. The summed E-state index contributed by atoms with van der Waals surface area (Å²) in [7, 11) is 3.60. The number of ketones is 1. The third-order valence-corrected chi connectivity index (χ3v) is 5.09. The van der Waals surface area contributed by atoms with E-state index in [1.807, 2.05) is 13.1 Å². The zero-order chi connectivity index (χ0) is 18.3. The second-order valence-corrected chi connectivity index (χ2v) is 6.60. The molecule has 26 heavy (non-hydrogen) atoms. The van der Waals surface area contributed by atoms with Crippen LogP contribution in [-0.4, -0.2) is 38.2 Å². The lowest BCUT2D eigenvalue weighted by Crippen LogP contribution is -2.34. The van der Waals surface area contributed by atoms with Crippen molar-refractivity contribution in [1.29, 1.82) is 0 Å². The number of rotatable bonds is 4. The highest BCUT2D eigenvalue weighted by Gasteiger charge is 2.35. The Morgan fingerprint density at radius 1 is 1.31 bits per heavy atom. The van der Waals surface area contributed by atoms with Gasteiger partial charge in [0, 0.05) is 30.1 Å². The lowest BCUT2D eigenvalue weighted by atomic mass is 9.87. The van der Waals surface area contributed by atoms with Gasteiger partial charge in [-0.2, -0.15) is 0 Å². The number of carbonyl (C=O) groups is 1. The van der Waals surface area contributed by atoms with Crippen LogP contribution < -0.4 is 14.2 Å². The summed E-state index contributed by atoms with van der Waals surface area (Å²) in [5, 5.41) is 0. The van der Waals surface area contributed by atoms with Crippen molar-refractivity contribution in [2.24, 2.45) is 0 Å². The molecule has 2 aliphatic heterocycles. The first-order valence-electron chi connectivity index (χ1n) is 8.57. The van der Waals surface area contributed by atoms with Crippen LogP contribution in [0.4, 0.5) is 4.39 Å². The second kappa shape index (κ2) is 6.61. The van der Waals surface area contributed by atoms with Gasteiger partial charge in [-0.3, -0.25) is 9.69 Å². The van der Waals surface area contributed by atoms with Crippen molar-refractivity contribution in [2.75, 3.05) is 27.5 Å². The molecule has 0 bridgehead atoms. The summed E-state index contributed by atoms with van der Waals surface area (Å²) < 4.78 is 29.9. The summed E-state index contributed by atoms with van der Waals surface area (Å²) in [6.07, 6.45) is 1.13. The smallest absolute Gasteiger partial charge is 0.231 e. The zero-order valence-electron chi connectivity index (χ0n) is 14.8. The van der Waals surface area contributed by atoms with E-state index in [-0.39, 0.29) is 30.9 Å². The topological polar surface area (TPSA) is 48.0 Å². The standard InChI is InChI=1S/C20H20FNO4/c1-22-8-7-13-9-17-19(26-11-25-17)20(24-2)18(13)15(22)10-16(23)12-3-5-14(21)6-4-12/h3-6,9,15H,7-8,10-11H2,1-2H3/t15-/m1/s1. The number of halogens is 1. The van der Waals surface area contributed by atoms with Gasteiger partial charge >= 0.3 is 0 Å². The molecule has 0 spiro atoms. The summed E-state index contributed by atoms with van der Waals surface area (Å²) in [4.78, 5) is 14.9. The molecular weight excluding hydrogens is 337 g/mol. The number of nitrogens with zero attached hydrogens (tertiary/aromatic N) is 1. The summed E-state index contributed by atoms with van der Waals surface area (Å²) in [5.41, 5.74) is 2.59. The van der Waals surface area contributed by atoms with Crippen molar-refractivity contribution < 1.29 is 23.4 Å². The molecule has 0 saturated carbocycles. The van der Waals surface area contributed by atoms with Crippen LogP contribution in [0.15, 0.2) is 30.3 Å². The van der Waals surface area contributed by atoms with Gasteiger partial charge in [-0.15, -0.1) is 0 Å². The lowest BCUT2D eigenvalue weighted by Gasteiger charge is -2.35. The Morgan fingerprint density at radius 2 is 2.08 bits per heavy atom. The Bertz CT molecular complexity index is 850. The summed E-state index contributed by atoms with van der Waals surface area (Å²) >= 11 is 0. The number of methoxy groups -OCH3 is 1. The minimum Gasteiger partial charge on any atom is -0.492 e. The van der Waals surface area contributed by atoms with Gasteiger partial charge in [0.15, 0.2) is 17.3 Å². The maximum atomic E-state index is 13.1. The fourth-order valence-corrected chi connectivity index (χ4v) is 3.71. The number of hydrogen-bond donors (Lipinski definition) is 0. The average molecular weight is 357 g/mol. The molecule has 0 radical (unpaired) electrons. The number of Topliss-reactive ketones (excluding diaryl/α,β-unsaturated/α-hetero) is 1. The Morgan fingerprint density at radius 3 is 2.81 bits per heavy atom. The number of likely N-dealkylation sites (N-methyl/N-ethyl adjacent to an activating group) is 1. The van der Waals surface area contributed by atoms with Crippen LogP contribution in [0.3, 0.4) is 0 Å². The first kappa shape index (κ1) is 16.8. The van der Waals surface area contributed by atoms with E-state index >= 15 is 0 Å². The predicted molar refractivity (Wildman–Crippen MR) is 93.5 cm³/mol. The fourth-order valence-electron chi connectivity index (χ4n) is 3.71. The van der Waals surface area contributed by atoms with Crippen molar-refractivity contribution in [3.05, 3.63) is 52.8 Å². The van der Waals surface area contributed by atoms with Gasteiger partial charge in [0.2, 0.25) is 12.5 Å². The lowest BCUT2D eigenvalue weighted by molar-refractivity contribution is 0.0925. The number of carbonyl (C=O) groups excluding carboxylic acids is 1. The highest BCUT2D eigenvalue weighted by Crippen LogP contribution is 2.50. The third-order valence-electron chi connectivity index (χ3n) is 5.09. The maximum absolute atomic E-state index is 13.1. The van der Waals surface area contributed by atoms with Gasteiger partial charge in [-0.1, -0.05) is 0 Å². The zero-order valence-corrected chi connectivity index (χ0v) is 14.8. The SMILES string of the molecule is COc1c2c(cc3c1[C@@H](CC(=O)c1ccc(F)cc1)N(C)CC3)OCO2. The molecule has 0 aromatic heterocycles. The van der Waals surface area contributed by atoms with Crippen LogP contribution in [0.5, 0.6) is 17.2 Å². The van der Waals surface area contributed by atoms with E-state index in [1.165, 1.54) is 24.3 Å². The fraction of sp³-hybridized carbons (Fsp3) is 0.350. The predicted octanol–water partition coefficient (Wildman–Crippen LogP) is 3.37. The van der Waals surface area contributed by atoms with Crippen LogP contribution in [0.2, 0.25) is 0 Å².